The molecule has 0 fully saturated rings. The SMILES string of the molecule is CCN1c2ncc(C(C)C)nc2C(N)=NS1(=O)=O. The lowest BCUT2D eigenvalue weighted by atomic mass is 10.1. The molecule has 0 atom stereocenters. The first-order chi connectivity index (χ1) is 8.36. The molecular weight excluding hydrogens is 254 g/mol. The van der Waals surface area contributed by atoms with Gasteiger partial charge in [0.05, 0.1) is 11.9 Å². The molecule has 7 nitrogen and oxygen atoms in total. The standard InChI is InChI=1S/C10H15N5O2S/c1-4-15-10-8(9(11)14-18(15,16)17)13-7(5-12-10)6(2)3/h5-6H,4H2,1-3H3,(H2,11,14). The third kappa shape index (κ3) is 1.92. The van der Waals surface area contributed by atoms with Gasteiger partial charge in [-0.05, 0) is 12.8 Å². The predicted octanol–water partition coefficient (Wildman–Crippen LogP) is 0.390. The first-order valence-electron chi connectivity index (χ1n) is 5.62. The van der Waals surface area contributed by atoms with Crippen molar-refractivity contribution in [3.8, 4) is 0 Å². The van der Waals surface area contributed by atoms with E-state index in [1.54, 1.807) is 13.1 Å². The van der Waals surface area contributed by atoms with Crippen molar-refractivity contribution in [3.63, 3.8) is 0 Å². The van der Waals surface area contributed by atoms with E-state index in [2.05, 4.69) is 14.4 Å². The summed E-state index contributed by atoms with van der Waals surface area (Å²) in [5, 5.41) is 0. The molecule has 0 spiro atoms. The fourth-order valence-electron chi connectivity index (χ4n) is 1.67. The maximum Gasteiger partial charge on any atom is 0.347 e. The Morgan fingerprint density at radius 1 is 1.44 bits per heavy atom. The number of hydrogen-bond donors (Lipinski definition) is 1. The number of anilines is 1. The molecule has 1 aliphatic rings. The molecule has 0 bridgehead atoms. The van der Waals surface area contributed by atoms with Gasteiger partial charge in [-0.2, -0.15) is 8.42 Å². The van der Waals surface area contributed by atoms with Crippen LogP contribution in [0.2, 0.25) is 0 Å². The van der Waals surface area contributed by atoms with Gasteiger partial charge in [-0.15, -0.1) is 4.40 Å². The second kappa shape index (κ2) is 4.20. The third-order valence-corrected chi connectivity index (χ3v) is 4.04. The lowest BCUT2D eigenvalue weighted by Gasteiger charge is -2.25. The zero-order valence-electron chi connectivity index (χ0n) is 10.5. The normalized spacial score (nSPS) is 17.6. The smallest absolute Gasteiger partial charge is 0.347 e. The van der Waals surface area contributed by atoms with Crippen molar-refractivity contribution < 1.29 is 8.42 Å². The van der Waals surface area contributed by atoms with Gasteiger partial charge in [-0.25, -0.2) is 14.3 Å². The van der Waals surface area contributed by atoms with E-state index in [1.807, 2.05) is 13.8 Å². The van der Waals surface area contributed by atoms with E-state index in [0.717, 1.165) is 10.00 Å². The second-order valence-electron chi connectivity index (χ2n) is 4.24. The van der Waals surface area contributed by atoms with E-state index in [-0.39, 0.29) is 24.1 Å². The Kier molecular flexibility index (Phi) is 2.97. The van der Waals surface area contributed by atoms with Gasteiger partial charge in [0.25, 0.3) is 0 Å². The molecule has 2 N–H and O–H groups in total. The quantitative estimate of drug-likeness (QED) is 0.836. The second-order valence-corrected chi connectivity index (χ2v) is 5.76. The van der Waals surface area contributed by atoms with E-state index < -0.39 is 10.2 Å². The summed E-state index contributed by atoms with van der Waals surface area (Å²) in [7, 11) is -3.78. The van der Waals surface area contributed by atoms with Gasteiger partial charge in [0.2, 0.25) is 0 Å². The molecule has 2 rings (SSSR count). The Hall–Kier alpha value is -1.70. The molecule has 0 amide bonds. The van der Waals surface area contributed by atoms with Crippen molar-refractivity contribution >= 4 is 21.9 Å². The van der Waals surface area contributed by atoms with Gasteiger partial charge >= 0.3 is 10.2 Å². The minimum Gasteiger partial charge on any atom is -0.381 e. The minimum atomic E-state index is -3.78. The molecule has 1 aliphatic heterocycles. The highest BCUT2D eigenvalue weighted by Gasteiger charge is 2.32. The lowest BCUT2D eigenvalue weighted by Crippen LogP contribution is -2.38. The summed E-state index contributed by atoms with van der Waals surface area (Å²) in [4.78, 5) is 8.50. The van der Waals surface area contributed by atoms with Crippen LogP contribution in [0.1, 0.15) is 38.1 Å². The molecule has 0 aliphatic carbocycles. The molecule has 18 heavy (non-hydrogen) atoms. The Morgan fingerprint density at radius 2 is 2.11 bits per heavy atom. The molecule has 2 heterocycles. The van der Waals surface area contributed by atoms with Crippen LogP contribution in [0.3, 0.4) is 0 Å². The van der Waals surface area contributed by atoms with Crippen LogP contribution in [0.5, 0.6) is 0 Å². The zero-order chi connectivity index (χ0) is 13.5. The van der Waals surface area contributed by atoms with Crippen molar-refractivity contribution in [2.75, 3.05) is 10.8 Å². The Bertz CT molecular complexity index is 609. The van der Waals surface area contributed by atoms with E-state index >= 15 is 0 Å². The van der Waals surface area contributed by atoms with Crippen molar-refractivity contribution in [2.45, 2.75) is 26.7 Å². The summed E-state index contributed by atoms with van der Waals surface area (Å²) in [6.07, 6.45) is 1.57. The molecule has 0 unspecified atom stereocenters. The van der Waals surface area contributed by atoms with Crippen molar-refractivity contribution in [1.29, 1.82) is 0 Å². The number of rotatable bonds is 2. The highest BCUT2D eigenvalue weighted by atomic mass is 32.2. The molecule has 1 aromatic heterocycles. The highest BCUT2D eigenvalue weighted by Crippen LogP contribution is 2.26. The van der Waals surface area contributed by atoms with Gasteiger partial charge in [-0.3, -0.25) is 0 Å². The average molecular weight is 269 g/mol. The number of fused-ring (bicyclic) bond motifs is 1. The zero-order valence-corrected chi connectivity index (χ0v) is 11.3. The Morgan fingerprint density at radius 3 is 2.67 bits per heavy atom. The lowest BCUT2D eigenvalue weighted by molar-refractivity contribution is 0.592. The van der Waals surface area contributed by atoms with Gasteiger partial charge < -0.3 is 5.73 Å². The van der Waals surface area contributed by atoms with Crippen LogP contribution < -0.4 is 10.0 Å². The topological polar surface area (TPSA) is 102 Å². The first-order valence-corrected chi connectivity index (χ1v) is 7.02. The summed E-state index contributed by atoms with van der Waals surface area (Å²) >= 11 is 0. The van der Waals surface area contributed by atoms with Gasteiger partial charge in [0.15, 0.2) is 11.7 Å². The molecule has 8 heteroatoms. The molecule has 98 valence electrons. The van der Waals surface area contributed by atoms with Gasteiger partial charge in [0.1, 0.15) is 5.69 Å². The number of hydrogen-bond acceptors (Lipinski definition) is 5. The molecule has 1 aromatic rings. The highest BCUT2D eigenvalue weighted by molar-refractivity contribution is 7.91. The first kappa shape index (κ1) is 12.7. The van der Waals surface area contributed by atoms with Crippen LogP contribution in [0.15, 0.2) is 10.6 Å². The molecule has 0 saturated carbocycles. The summed E-state index contributed by atoms with van der Waals surface area (Å²) in [5.41, 5.74) is 6.73. The van der Waals surface area contributed by atoms with Gasteiger partial charge in [0, 0.05) is 6.54 Å². The largest absolute Gasteiger partial charge is 0.381 e. The minimum absolute atomic E-state index is 0.107. The summed E-state index contributed by atoms with van der Waals surface area (Å²) < 4.78 is 28.2. The van der Waals surface area contributed by atoms with Crippen LogP contribution in [0, 0.1) is 0 Å². The van der Waals surface area contributed by atoms with Crippen molar-refractivity contribution in [1.82, 2.24) is 9.97 Å². The van der Waals surface area contributed by atoms with E-state index in [9.17, 15) is 8.42 Å². The third-order valence-electron chi connectivity index (χ3n) is 2.62. The number of nitrogens with zero attached hydrogens (tertiary/aromatic N) is 4. The fourth-order valence-corrected chi connectivity index (χ4v) is 2.78. The van der Waals surface area contributed by atoms with E-state index in [0.29, 0.717) is 5.69 Å². The molecule has 0 aromatic carbocycles. The van der Waals surface area contributed by atoms with E-state index in [4.69, 9.17) is 5.73 Å². The number of amidine groups is 1. The van der Waals surface area contributed by atoms with Crippen LogP contribution in [-0.2, 0) is 10.2 Å². The summed E-state index contributed by atoms with van der Waals surface area (Å²) in [6.45, 7) is 5.89. The van der Waals surface area contributed by atoms with Crippen molar-refractivity contribution in [2.24, 2.45) is 10.1 Å². The average Bonchev–Trinajstić information content (AvgIpc) is 2.27. The van der Waals surface area contributed by atoms with Crippen molar-refractivity contribution in [3.05, 3.63) is 17.6 Å². The molecular formula is C10H15N5O2S. The van der Waals surface area contributed by atoms with Crippen LogP contribution >= 0.6 is 0 Å². The van der Waals surface area contributed by atoms with Crippen LogP contribution in [-0.4, -0.2) is 30.8 Å². The van der Waals surface area contributed by atoms with Crippen LogP contribution in [0.25, 0.3) is 0 Å². The number of aromatic nitrogens is 2. The maximum absolute atomic E-state index is 11.8. The number of nitrogens with two attached hydrogens (primary N) is 1. The Balaban J connectivity index is 2.66. The Labute approximate surface area is 106 Å². The van der Waals surface area contributed by atoms with Crippen LogP contribution in [0.4, 0.5) is 5.82 Å². The van der Waals surface area contributed by atoms with E-state index in [1.165, 1.54) is 0 Å². The predicted molar refractivity (Wildman–Crippen MR) is 68.8 cm³/mol. The molecule has 0 radical (unpaired) electrons. The summed E-state index contributed by atoms with van der Waals surface area (Å²) in [6, 6.07) is 0. The summed E-state index contributed by atoms with van der Waals surface area (Å²) in [5.74, 6) is 0.323. The fraction of sp³-hybridized carbons (Fsp3) is 0.500. The monoisotopic (exact) mass is 269 g/mol. The van der Waals surface area contributed by atoms with Gasteiger partial charge in [-0.1, -0.05) is 13.8 Å². The molecule has 0 saturated heterocycles. The maximum atomic E-state index is 11.8.